The third kappa shape index (κ3) is 8.41. The maximum absolute atomic E-state index is 14.5. The van der Waals surface area contributed by atoms with Gasteiger partial charge in [-0.3, -0.25) is 9.69 Å². The molecule has 0 N–H and O–H groups in total. The first-order valence-corrected chi connectivity index (χ1v) is 13.9. The number of hydrogen-bond acceptors (Lipinski definition) is 7. The van der Waals surface area contributed by atoms with Crippen LogP contribution in [0.15, 0.2) is 78.0 Å². The van der Waals surface area contributed by atoms with Crippen molar-refractivity contribution in [3.63, 3.8) is 0 Å². The van der Waals surface area contributed by atoms with Crippen LogP contribution in [-0.2, 0) is 16.0 Å². The number of alkyl halides is 3. The molecule has 14 heteroatoms. The summed E-state index contributed by atoms with van der Waals surface area (Å²) in [6, 6.07) is 16.7. The molecule has 224 valence electrons. The molecule has 0 saturated heterocycles. The fraction of sp³-hybridized carbons (Fsp3) is 0.207. The van der Waals surface area contributed by atoms with Gasteiger partial charge in [-0.1, -0.05) is 42.1 Å². The second-order valence-corrected chi connectivity index (χ2v) is 9.80. The Morgan fingerprint density at radius 2 is 1.74 bits per heavy atom. The summed E-state index contributed by atoms with van der Waals surface area (Å²) in [5, 5.41) is 4.35. The van der Waals surface area contributed by atoms with Gasteiger partial charge in [-0.15, -0.1) is 18.3 Å². The number of benzene rings is 3. The fourth-order valence-electron chi connectivity index (χ4n) is 3.90. The van der Waals surface area contributed by atoms with E-state index in [2.05, 4.69) is 19.8 Å². The number of anilines is 1. The molecule has 0 atom stereocenters. The minimum atomic E-state index is -4.77. The number of aromatic nitrogens is 3. The van der Waals surface area contributed by atoms with Crippen molar-refractivity contribution in [2.24, 2.45) is 4.99 Å². The molecule has 0 unspecified atom stereocenters. The minimum Gasteiger partial charge on any atom is -0.448 e. The number of hydrogen-bond donors (Lipinski definition) is 0. The Hall–Kier alpha value is -4.72. The summed E-state index contributed by atoms with van der Waals surface area (Å²) in [5.41, 5.74) is 2.75. The number of thioether (sulfide) groups is 1. The van der Waals surface area contributed by atoms with Crippen LogP contribution in [0, 0.1) is 12.7 Å². The highest BCUT2D eigenvalue weighted by Gasteiger charge is 2.31. The van der Waals surface area contributed by atoms with Crippen LogP contribution in [0.1, 0.15) is 18.1 Å². The molecule has 43 heavy (non-hydrogen) atoms. The van der Waals surface area contributed by atoms with Crippen molar-refractivity contribution in [2.75, 3.05) is 17.8 Å². The Bertz CT molecular complexity index is 1620. The Balaban J connectivity index is 1.35. The number of halogens is 4. The van der Waals surface area contributed by atoms with Crippen LogP contribution >= 0.6 is 11.8 Å². The molecule has 0 bridgehead atoms. The molecule has 4 rings (SSSR count). The molecule has 1 aromatic heterocycles. The number of aryl methyl sites for hydroxylation is 1. The second-order valence-electron chi connectivity index (χ2n) is 9.02. The Morgan fingerprint density at radius 1 is 1.05 bits per heavy atom. The van der Waals surface area contributed by atoms with Gasteiger partial charge in [0, 0.05) is 18.9 Å². The van der Waals surface area contributed by atoms with E-state index >= 15 is 0 Å². The molecule has 0 spiro atoms. The van der Waals surface area contributed by atoms with Gasteiger partial charge in [-0.2, -0.15) is 4.99 Å². The monoisotopic (exact) mass is 615 g/mol. The van der Waals surface area contributed by atoms with Gasteiger partial charge in [0.1, 0.15) is 17.9 Å². The summed E-state index contributed by atoms with van der Waals surface area (Å²) in [4.78, 5) is 33.9. The standard InChI is InChI=1S/C29H25F4N5O4S/c1-18-4-13-24(30)25(16-18)38(19(2)39)27(43-3)35-28(40)41-15-14-20-5-7-21(8-6-20)26-34-17-37(36-26)22-9-11-23(12-10-22)42-29(31,32)33/h4-13,16-17H,14-15H2,1-3H3. The molecule has 0 fully saturated rings. The molecular formula is C29H25F4N5O4S. The van der Waals surface area contributed by atoms with Crippen molar-refractivity contribution in [1.82, 2.24) is 14.8 Å². The van der Waals surface area contributed by atoms with E-state index in [9.17, 15) is 27.2 Å². The quantitative estimate of drug-likeness (QED) is 0.129. The number of carbonyl (C=O) groups is 2. The summed E-state index contributed by atoms with van der Waals surface area (Å²) in [5.74, 6) is -1.09. The van der Waals surface area contributed by atoms with Crippen molar-refractivity contribution in [1.29, 1.82) is 0 Å². The highest BCUT2D eigenvalue weighted by Crippen LogP contribution is 2.26. The normalized spacial score (nSPS) is 11.7. The zero-order valence-electron chi connectivity index (χ0n) is 23.1. The molecule has 1 heterocycles. The van der Waals surface area contributed by atoms with Gasteiger partial charge in [-0.25, -0.2) is 18.9 Å². The van der Waals surface area contributed by atoms with E-state index in [0.29, 0.717) is 23.5 Å². The molecule has 9 nitrogen and oxygen atoms in total. The lowest BCUT2D eigenvalue weighted by Crippen LogP contribution is -2.34. The van der Waals surface area contributed by atoms with Crippen molar-refractivity contribution in [3.8, 4) is 22.8 Å². The highest BCUT2D eigenvalue weighted by molar-refractivity contribution is 8.13. The van der Waals surface area contributed by atoms with Gasteiger partial charge in [-0.05, 0) is 60.7 Å². The molecule has 0 radical (unpaired) electrons. The van der Waals surface area contributed by atoms with Gasteiger partial charge in [0.25, 0.3) is 0 Å². The lowest BCUT2D eigenvalue weighted by Gasteiger charge is -2.22. The zero-order valence-corrected chi connectivity index (χ0v) is 23.9. The highest BCUT2D eigenvalue weighted by atomic mass is 32.2. The maximum Gasteiger partial charge on any atom is 0.573 e. The Kier molecular flexibility index (Phi) is 9.80. The Morgan fingerprint density at radius 3 is 2.37 bits per heavy atom. The molecule has 0 aliphatic rings. The van der Waals surface area contributed by atoms with Crippen LogP contribution in [0.3, 0.4) is 0 Å². The lowest BCUT2D eigenvalue weighted by atomic mass is 10.1. The van der Waals surface area contributed by atoms with E-state index in [1.54, 1.807) is 31.4 Å². The third-order valence-corrected chi connectivity index (χ3v) is 6.51. The number of nitrogens with zero attached hydrogens (tertiary/aromatic N) is 5. The van der Waals surface area contributed by atoms with Gasteiger partial charge in [0.2, 0.25) is 5.91 Å². The molecule has 0 saturated carbocycles. The van der Waals surface area contributed by atoms with Gasteiger partial charge in [0.05, 0.1) is 18.0 Å². The number of carbonyl (C=O) groups excluding carboxylic acids is 2. The van der Waals surface area contributed by atoms with Crippen LogP contribution in [0.2, 0.25) is 0 Å². The average molecular weight is 616 g/mol. The van der Waals surface area contributed by atoms with Crippen molar-refractivity contribution < 1.29 is 36.6 Å². The van der Waals surface area contributed by atoms with E-state index in [1.807, 2.05) is 12.1 Å². The largest absolute Gasteiger partial charge is 0.573 e. The van der Waals surface area contributed by atoms with Gasteiger partial charge < -0.3 is 9.47 Å². The smallest absolute Gasteiger partial charge is 0.448 e. The van der Waals surface area contributed by atoms with Crippen LogP contribution in [0.25, 0.3) is 17.1 Å². The molecule has 0 aliphatic carbocycles. The summed E-state index contributed by atoms with van der Waals surface area (Å²) in [6.07, 6.45) is -2.28. The fourth-order valence-corrected chi connectivity index (χ4v) is 4.47. The first kappa shape index (κ1) is 31.2. The molecular weight excluding hydrogens is 590 g/mol. The summed E-state index contributed by atoms with van der Waals surface area (Å²) in [6.45, 7) is 3.00. The summed E-state index contributed by atoms with van der Waals surface area (Å²) < 4.78 is 62.1. The maximum atomic E-state index is 14.5. The van der Waals surface area contributed by atoms with Crippen molar-refractivity contribution >= 4 is 34.6 Å². The van der Waals surface area contributed by atoms with Crippen molar-refractivity contribution in [2.45, 2.75) is 26.6 Å². The molecule has 3 aromatic carbocycles. The molecule has 2 amide bonds. The predicted octanol–water partition coefficient (Wildman–Crippen LogP) is 6.73. The molecule has 4 aromatic rings. The number of amidine groups is 1. The summed E-state index contributed by atoms with van der Waals surface area (Å²) in [7, 11) is 0. The SMILES string of the molecule is CSC(=NC(=O)OCCc1ccc(-c2ncn(-c3ccc(OC(F)(F)F)cc3)n2)cc1)N(C(C)=O)c1cc(C)ccc1F. The average Bonchev–Trinajstić information content (AvgIpc) is 3.44. The predicted molar refractivity (Wildman–Crippen MR) is 154 cm³/mol. The first-order chi connectivity index (χ1) is 20.4. The van der Waals surface area contributed by atoms with Crippen molar-refractivity contribution in [3.05, 3.63) is 90.0 Å². The van der Waals surface area contributed by atoms with E-state index < -0.39 is 24.2 Å². The Labute approximate surface area is 248 Å². The van der Waals surface area contributed by atoms with Crippen LogP contribution in [-0.4, -0.2) is 51.2 Å². The van der Waals surface area contributed by atoms with Crippen LogP contribution in [0.4, 0.5) is 28.0 Å². The molecule has 0 aliphatic heterocycles. The van der Waals surface area contributed by atoms with Crippen LogP contribution in [0.5, 0.6) is 5.75 Å². The second kappa shape index (κ2) is 13.5. The number of amides is 2. The topological polar surface area (TPSA) is 98.9 Å². The van der Waals surface area contributed by atoms with Crippen LogP contribution < -0.4 is 9.64 Å². The summed E-state index contributed by atoms with van der Waals surface area (Å²) >= 11 is 1.00. The first-order valence-electron chi connectivity index (χ1n) is 12.7. The number of aliphatic imine (C=N–C) groups is 1. The van der Waals surface area contributed by atoms with E-state index in [-0.39, 0.29) is 23.2 Å². The number of ether oxygens (including phenoxy) is 2. The van der Waals surface area contributed by atoms with E-state index in [0.717, 1.165) is 27.8 Å². The third-order valence-electron chi connectivity index (χ3n) is 5.87. The van der Waals surface area contributed by atoms with E-state index in [1.165, 1.54) is 54.3 Å². The van der Waals surface area contributed by atoms with Gasteiger partial charge in [0.15, 0.2) is 11.0 Å². The zero-order chi connectivity index (χ0) is 31.1. The van der Waals surface area contributed by atoms with Gasteiger partial charge >= 0.3 is 12.5 Å². The van der Waals surface area contributed by atoms with E-state index in [4.69, 9.17) is 4.74 Å². The lowest BCUT2D eigenvalue weighted by molar-refractivity contribution is -0.274. The number of rotatable bonds is 7. The minimum absolute atomic E-state index is 0.00312.